The van der Waals surface area contributed by atoms with Crippen molar-refractivity contribution in [3.63, 3.8) is 0 Å². The van der Waals surface area contributed by atoms with Gasteiger partial charge in [-0.25, -0.2) is 0 Å². The lowest BCUT2D eigenvalue weighted by atomic mass is 9.99. The molecule has 6 aromatic rings. The van der Waals surface area contributed by atoms with Crippen LogP contribution in [-0.4, -0.2) is 45.3 Å². The lowest BCUT2D eigenvalue weighted by Gasteiger charge is -2.08. The van der Waals surface area contributed by atoms with E-state index in [1.807, 2.05) is 98.4 Å². The van der Waals surface area contributed by atoms with E-state index in [0.717, 1.165) is 57.8 Å². The fourth-order valence-corrected chi connectivity index (χ4v) is 6.40. The lowest BCUT2D eigenvalue weighted by molar-refractivity contribution is -0.118. The number of aryl methyl sites for hydroxylation is 2. The number of aromatic nitrogens is 4. The molecule has 0 radical (unpaired) electrons. The zero-order valence-corrected chi connectivity index (χ0v) is 28.8. The predicted molar refractivity (Wildman–Crippen MR) is 195 cm³/mol. The maximum Gasteiger partial charge on any atom is 0.141 e. The Morgan fingerprint density at radius 3 is 1.70 bits per heavy atom. The summed E-state index contributed by atoms with van der Waals surface area (Å²) in [5.74, 6) is 1.89. The van der Waals surface area contributed by atoms with Crippen LogP contribution >= 0.6 is 0 Å². The topological polar surface area (TPSA) is 88.2 Å². The molecule has 0 saturated heterocycles. The van der Waals surface area contributed by atoms with Crippen molar-refractivity contribution in [1.29, 1.82) is 0 Å². The van der Waals surface area contributed by atoms with Gasteiger partial charge in [0, 0.05) is 73.4 Å². The zero-order chi connectivity index (χ0) is 34.9. The Balaban J connectivity index is 0.000000174. The van der Waals surface area contributed by atoms with Gasteiger partial charge >= 0.3 is 0 Å². The Bertz CT molecular complexity index is 2060. The SMILES string of the molecule is COc1ccccc1CC(=O)Cc1ccc(-c2cnn(C)c2)cc1.COc1ccccc1CC(=O)Cc1ccc(-c2cnn3c2CCC3)cc1. The highest BCUT2D eigenvalue weighted by Crippen LogP contribution is 2.29. The Kier molecular flexibility index (Phi) is 11.0. The number of carbonyl (C=O) groups is 2. The first-order valence-corrected chi connectivity index (χ1v) is 16.9. The number of nitrogens with zero attached hydrogens (tertiary/aromatic N) is 4. The summed E-state index contributed by atoms with van der Waals surface area (Å²) in [6.07, 6.45) is 9.66. The molecule has 1 aliphatic heterocycles. The van der Waals surface area contributed by atoms with Crippen LogP contribution in [0.5, 0.6) is 11.5 Å². The minimum Gasteiger partial charge on any atom is -0.496 e. The molecule has 4 aromatic carbocycles. The zero-order valence-electron chi connectivity index (χ0n) is 28.8. The predicted octanol–water partition coefficient (Wildman–Crippen LogP) is 7.31. The van der Waals surface area contributed by atoms with E-state index in [2.05, 4.69) is 39.1 Å². The van der Waals surface area contributed by atoms with Crippen molar-refractivity contribution in [3.05, 3.63) is 144 Å². The fourth-order valence-electron chi connectivity index (χ4n) is 6.40. The first kappa shape index (κ1) is 34.1. The summed E-state index contributed by atoms with van der Waals surface area (Å²) in [5.41, 5.74) is 9.81. The number of hydrogen-bond donors (Lipinski definition) is 0. The van der Waals surface area contributed by atoms with E-state index in [4.69, 9.17) is 9.47 Å². The second-order valence-electron chi connectivity index (χ2n) is 12.5. The average Bonchev–Trinajstić information content (AvgIpc) is 3.88. The minimum absolute atomic E-state index is 0.175. The van der Waals surface area contributed by atoms with Crippen molar-refractivity contribution in [1.82, 2.24) is 19.6 Å². The van der Waals surface area contributed by atoms with E-state index in [-0.39, 0.29) is 11.6 Å². The van der Waals surface area contributed by atoms with Gasteiger partial charge in [0.15, 0.2) is 0 Å². The summed E-state index contributed by atoms with van der Waals surface area (Å²) in [4.78, 5) is 24.8. The number of fused-ring (bicyclic) bond motifs is 1. The molecule has 0 fully saturated rings. The van der Waals surface area contributed by atoms with E-state index in [0.29, 0.717) is 25.7 Å². The van der Waals surface area contributed by atoms with E-state index in [1.54, 1.807) is 18.9 Å². The molecule has 0 spiro atoms. The van der Waals surface area contributed by atoms with Crippen LogP contribution in [0.4, 0.5) is 0 Å². The average molecular weight is 667 g/mol. The molecule has 0 saturated carbocycles. The summed E-state index contributed by atoms with van der Waals surface area (Å²) in [6, 6.07) is 31.7. The molecule has 0 atom stereocenters. The first-order chi connectivity index (χ1) is 24.4. The Hall–Kier alpha value is -5.76. The quantitative estimate of drug-likeness (QED) is 0.136. The summed E-state index contributed by atoms with van der Waals surface area (Å²) in [6.45, 7) is 1.02. The Labute approximate surface area is 293 Å². The fraction of sp³-hybridized carbons (Fsp3) is 0.238. The van der Waals surface area contributed by atoms with Crippen LogP contribution in [0, 0.1) is 0 Å². The van der Waals surface area contributed by atoms with Crippen molar-refractivity contribution in [2.24, 2.45) is 7.05 Å². The van der Waals surface area contributed by atoms with Gasteiger partial charge in [-0.2, -0.15) is 10.2 Å². The smallest absolute Gasteiger partial charge is 0.141 e. The van der Waals surface area contributed by atoms with Gasteiger partial charge in [-0.15, -0.1) is 0 Å². The molecular formula is C42H42N4O4. The number of hydrogen-bond acceptors (Lipinski definition) is 6. The number of ketones is 2. The van der Waals surface area contributed by atoms with E-state index < -0.39 is 0 Å². The third-order valence-corrected chi connectivity index (χ3v) is 8.95. The maximum atomic E-state index is 12.4. The third kappa shape index (κ3) is 8.44. The second kappa shape index (κ2) is 16.1. The van der Waals surface area contributed by atoms with Crippen molar-refractivity contribution in [2.75, 3.05) is 14.2 Å². The first-order valence-electron chi connectivity index (χ1n) is 16.9. The number of carbonyl (C=O) groups excluding carboxylic acids is 2. The highest BCUT2D eigenvalue weighted by molar-refractivity contribution is 5.84. The summed E-state index contributed by atoms with van der Waals surface area (Å²) in [7, 11) is 5.16. The molecule has 0 unspecified atom stereocenters. The molecule has 8 nitrogen and oxygen atoms in total. The van der Waals surface area contributed by atoms with Crippen LogP contribution in [0.15, 0.2) is 116 Å². The normalized spacial score (nSPS) is 11.7. The van der Waals surface area contributed by atoms with E-state index in [1.165, 1.54) is 23.2 Å². The molecule has 254 valence electrons. The van der Waals surface area contributed by atoms with E-state index >= 15 is 0 Å². The van der Waals surface area contributed by atoms with Gasteiger partial charge in [-0.1, -0.05) is 84.9 Å². The Morgan fingerprint density at radius 1 is 0.640 bits per heavy atom. The third-order valence-electron chi connectivity index (χ3n) is 8.95. The van der Waals surface area contributed by atoms with Crippen molar-refractivity contribution in [3.8, 4) is 33.8 Å². The summed E-state index contributed by atoms with van der Waals surface area (Å²) >= 11 is 0. The van der Waals surface area contributed by atoms with Gasteiger partial charge in [0.2, 0.25) is 0 Å². The van der Waals surface area contributed by atoms with Gasteiger partial charge in [-0.05, 0) is 47.2 Å². The number of para-hydroxylation sites is 2. The van der Waals surface area contributed by atoms with Crippen molar-refractivity contribution < 1.29 is 19.1 Å². The second-order valence-corrected chi connectivity index (χ2v) is 12.5. The van der Waals surface area contributed by atoms with Crippen LogP contribution in [0.25, 0.3) is 22.3 Å². The minimum atomic E-state index is 0.175. The number of rotatable bonds is 12. The van der Waals surface area contributed by atoms with E-state index in [9.17, 15) is 9.59 Å². The van der Waals surface area contributed by atoms with Gasteiger partial charge in [0.05, 0.1) is 26.6 Å². The van der Waals surface area contributed by atoms with Crippen LogP contribution in [0.3, 0.4) is 0 Å². The molecule has 50 heavy (non-hydrogen) atoms. The van der Waals surface area contributed by atoms with Gasteiger partial charge in [-0.3, -0.25) is 19.0 Å². The van der Waals surface area contributed by atoms with Crippen molar-refractivity contribution in [2.45, 2.75) is 45.1 Å². The molecule has 1 aliphatic rings. The monoisotopic (exact) mass is 666 g/mol. The molecule has 2 aromatic heterocycles. The molecule has 0 N–H and O–H groups in total. The number of Topliss-reactive ketones (excluding diaryl/α,β-unsaturated/α-hetero) is 2. The summed E-state index contributed by atoms with van der Waals surface area (Å²) in [5, 5.41) is 8.64. The number of ether oxygens (including phenoxy) is 2. The standard InChI is InChI=1S/C22H22N2O2.C20H20N2O2/c1-26-22-7-3-2-5-18(22)14-19(25)13-16-8-10-17(11-9-16)20-15-23-24-12-4-6-21(20)24;1-22-14-18(13-21-22)16-9-7-15(8-10-16)11-19(23)12-17-5-3-4-6-20(17)24-2/h2-3,5,7-11,15H,4,6,12-14H2,1H3;3-10,13-14H,11-12H2,1-2H3. The Morgan fingerprint density at radius 2 is 1.18 bits per heavy atom. The van der Waals surface area contributed by atoms with Crippen LogP contribution in [0.2, 0.25) is 0 Å². The largest absolute Gasteiger partial charge is 0.496 e. The molecule has 7 rings (SSSR count). The molecule has 0 bridgehead atoms. The highest BCUT2D eigenvalue weighted by atomic mass is 16.5. The lowest BCUT2D eigenvalue weighted by Crippen LogP contribution is -2.07. The van der Waals surface area contributed by atoms with Crippen LogP contribution in [-0.2, 0) is 55.3 Å². The molecule has 3 heterocycles. The highest BCUT2D eigenvalue weighted by Gasteiger charge is 2.17. The maximum absolute atomic E-state index is 12.4. The molecule has 0 amide bonds. The number of benzene rings is 4. The molecule has 0 aliphatic carbocycles. The molecule has 8 heteroatoms. The van der Waals surface area contributed by atoms with Crippen LogP contribution in [0.1, 0.15) is 34.4 Å². The summed E-state index contributed by atoms with van der Waals surface area (Å²) < 4.78 is 14.5. The molecular weight excluding hydrogens is 624 g/mol. The van der Waals surface area contributed by atoms with Crippen molar-refractivity contribution >= 4 is 11.6 Å². The van der Waals surface area contributed by atoms with Gasteiger partial charge in [0.25, 0.3) is 0 Å². The van der Waals surface area contributed by atoms with Crippen LogP contribution < -0.4 is 9.47 Å². The number of methoxy groups -OCH3 is 2. The van der Waals surface area contributed by atoms with Gasteiger partial charge in [0.1, 0.15) is 23.1 Å². The van der Waals surface area contributed by atoms with Gasteiger partial charge < -0.3 is 9.47 Å².